The molecule has 6 nitrogen and oxygen atoms in total. The van der Waals surface area contributed by atoms with Crippen molar-refractivity contribution in [2.24, 2.45) is 0 Å². The number of hydrogen-bond acceptors (Lipinski definition) is 4. The van der Waals surface area contributed by atoms with E-state index in [1.54, 1.807) is 12.1 Å². The minimum atomic E-state index is -3.52. The van der Waals surface area contributed by atoms with Crippen LogP contribution >= 0.6 is 0 Å². The fourth-order valence-corrected chi connectivity index (χ4v) is 4.15. The molecule has 150 valence electrons. The summed E-state index contributed by atoms with van der Waals surface area (Å²) >= 11 is 0. The van der Waals surface area contributed by atoms with Crippen LogP contribution in [0.1, 0.15) is 24.5 Å². The molecule has 0 saturated carbocycles. The van der Waals surface area contributed by atoms with Crippen molar-refractivity contribution in [3.05, 3.63) is 59.7 Å². The van der Waals surface area contributed by atoms with Crippen molar-refractivity contribution in [2.45, 2.75) is 38.8 Å². The molecular formula is C21H26N2O4S. The summed E-state index contributed by atoms with van der Waals surface area (Å²) < 4.78 is 31.6. The van der Waals surface area contributed by atoms with Crippen LogP contribution in [-0.2, 0) is 21.2 Å². The van der Waals surface area contributed by atoms with Gasteiger partial charge in [-0.2, -0.15) is 0 Å². The van der Waals surface area contributed by atoms with Crippen molar-refractivity contribution in [1.82, 2.24) is 5.32 Å². The van der Waals surface area contributed by atoms with Crippen LogP contribution < -0.4 is 14.4 Å². The Morgan fingerprint density at radius 1 is 1.25 bits per heavy atom. The number of benzene rings is 2. The highest BCUT2D eigenvalue weighted by Gasteiger charge is 2.35. The Bertz CT molecular complexity index is 944. The third-order valence-electron chi connectivity index (χ3n) is 4.77. The molecule has 1 N–H and O–H groups in total. The molecule has 0 unspecified atom stereocenters. The Kier molecular flexibility index (Phi) is 5.93. The summed E-state index contributed by atoms with van der Waals surface area (Å²) in [6.07, 6.45) is 1.89. The number of aryl methyl sites for hydroxylation is 2. The average molecular weight is 403 g/mol. The van der Waals surface area contributed by atoms with Gasteiger partial charge in [0.25, 0.3) is 5.91 Å². The van der Waals surface area contributed by atoms with Crippen molar-refractivity contribution in [2.75, 3.05) is 17.1 Å². The van der Waals surface area contributed by atoms with Crippen molar-refractivity contribution in [3.63, 3.8) is 0 Å². The van der Waals surface area contributed by atoms with Gasteiger partial charge < -0.3 is 10.1 Å². The largest absolute Gasteiger partial charge is 0.476 e. The molecule has 2 atom stereocenters. The first kappa shape index (κ1) is 20.2. The molecule has 0 spiro atoms. The van der Waals surface area contributed by atoms with Crippen LogP contribution in [0.4, 0.5) is 5.69 Å². The first-order valence-electron chi connectivity index (χ1n) is 9.33. The van der Waals surface area contributed by atoms with Gasteiger partial charge in [0.15, 0.2) is 6.10 Å². The van der Waals surface area contributed by atoms with E-state index in [2.05, 4.69) is 17.4 Å². The number of hydrogen-bond donors (Lipinski definition) is 1. The smallest absolute Gasteiger partial charge is 0.263 e. The van der Waals surface area contributed by atoms with Gasteiger partial charge in [-0.15, -0.1) is 0 Å². The van der Waals surface area contributed by atoms with Crippen molar-refractivity contribution in [1.29, 1.82) is 0 Å². The molecule has 7 heteroatoms. The van der Waals surface area contributed by atoms with E-state index >= 15 is 0 Å². The Morgan fingerprint density at radius 2 is 1.96 bits per heavy atom. The standard InChI is InChI=1S/C21H26N2O4S/c1-15-9-12-19-18(13-15)23(28(3,25)26)14-20(27-19)21(24)22-16(2)10-11-17-7-5-4-6-8-17/h4-9,12-13,16,20H,10-11,14H2,1-3H3,(H,22,24)/t16-,20+/m1/s1. The van der Waals surface area contributed by atoms with Gasteiger partial charge in [0.1, 0.15) is 5.75 Å². The predicted octanol–water partition coefficient (Wildman–Crippen LogP) is 2.66. The molecule has 2 aromatic carbocycles. The van der Waals surface area contributed by atoms with E-state index in [4.69, 9.17) is 4.74 Å². The summed E-state index contributed by atoms with van der Waals surface area (Å²) in [5, 5.41) is 2.95. The normalized spacial score (nSPS) is 17.4. The quantitative estimate of drug-likeness (QED) is 0.806. The fraction of sp³-hybridized carbons (Fsp3) is 0.381. The second kappa shape index (κ2) is 8.22. The topological polar surface area (TPSA) is 75.7 Å². The molecule has 3 rings (SSSR count). The lowest BCUT2D eigenvalue weighted by atomic mass is 10.1. The number of ether oxygens (including phenoxy) is 1. The molecular weight excluding hydrogens is 376 g/mol. The number of nitrogens with zero attached hydrogens (tertiary/aromatic N) is 1. The third-order valence-corrected chi connectivity index (χ3v) is 5.92. The number of anilines is 1. The number of carbonyl (C=O) groups is 1. The molecule has 28 heavy (non-hydrogen) atoms. The number of amides is 1. The summed E-state index contributed by atoms with van der Waals surface area (Å²) in [5.74, 6) is 0.0970. The molecule has 2 aromatic rings. The zero-order valence-electron chi connectivity index (χ0n) is 16.4. The Labute approximate surface area is 166 Å². The van der Waals surface area contributed by atoms with E-state index in [1.165, 1.54) is 9.87 Å². The minimum absolute atomic E-state index is 0.0352. The molecule has 0 saturated heterocycles. The lowest BCUT2D eigenvalue weighted by Gasteiger charge is -2.34. The zero-order chi connectivity index (χ0) is 20.3. The zero-order valence-corrected chi connectivity index (χ0v) is 17.2. The number of sulfonamides is 1. The van der Waals surface area contributed by atoms with Gasteiger partial charge in [-0.1, -0.05) is 36.4 Å². The van der Waals surface area contributed by atoms with E-state index in [1.807, 2.05) is 38.1 Å². The summed E-state index contributed by atoms with van der Waals surface area (Å²) in [6.45, 7) is 3.79. The maximum Gasteiger partial charge on any atom is 0.263 e. The molecule has 0 radical (unpaired) electrons. The molecule has 0 aliphatic carbocycles. The molecule has 1 aliphatic rings. The van der Waals surface area contributed by atoms with Gasteiger partial charge in [-0.3, -0.25) is 9.10 Å². The van der Waals surface area contributed by atoms with Crippen LogP contribution in [0.5, 0.6) is 5.75 Å². The van der Waals surface area contributed by atoms with E-state index in [9.17, 15) is 13.2 Å². The van der Waals surface area contributed by atoms with Gasteiger partial charge in [-0.25, -0.2) is 8.42 Å². The van der Waals surface area contributed by atoms with E-state index in [0.29, 0.717) is 11.4 Å². The third kappa shape index (κ3) is 4.84. The van der Waals surface area contributed by atoms with Crippen LogP contribution in [0.15, 0.2) is 48.5 Å². The Balaban J connectivity index is 1.67. The molecule has 1 amide bonds. The predicted molar refractivity (Wildman–Crippen MR) is 110 cm³/mol. The van der Waals surface area contributed by atoms with Crippen molar-refractivity contribution in [3.8, 4) is 5.75 Å². The monoisotopic (exact) mass is 402 g/mol. The molecule has 1 heterocycles. The van der Waals surface area contributed by atoms with Gasteiger partial charge in [0, 0.05) is 6.04 Å². The highest BCUT2D eigenvalue weighted by atomic mass is 32.2. The van der Waals surface area contributed by atoms with Crippen molar-refractivity contribution >= 4 is 21.6 Å². The van der Waals surface area contributed by atoms with Crippen LogP contribution in [0.3, 0.4) is 0 Å². The highest BCUT2D eigenvalue weighted by Crippen LogP contribution is 2.35. The van der Waals surface area contributed by atoms with Gasteiger partial charge >= 0.3 is 0 Å². The maximum absolute atomic E-state index is 12.7. The van der Waals surface area contributed by atoms with Gasteiger partial charge in [0.2, 0.25) is 10.0 Å². The first-order valence-corrected chi connectivity index (χ1v) is 11.2. The van der Waals surface area contributed by atoms with Gasteiger partial charge in [0.05, 0.1) is 18.5 Å². The maximum atomic E-state index is 12.7. The van der Waals surface area contributed by atoms with Crippen LogP contribution in [-0.4, -0.2) is 39.3 Å². The fourth-order valence-electron chi connectivity index (χ4n) is 3.25. The van der Waals surface area contributed by atoms with Crippen LogP contribution in [0, 0.1) is 6.92 Å². The lowest BCUT2D eigenvalue weighted by Crippen LogP contribution is -2.52. The molecule has 0 aromatic heterocycles. The van der Waals surface area contributed by atoms with Crippen LogP contribution in [0.25, 0.3) is 0 Å². The number of nitrogens with one attached hydrogen (secondary N) is 1. The second-order valence-corrected chi connectivity index (χ2v) is 9.21. The van der Waals surface area contributed by atoms with Gasteiger partial charge in [-0.05, 0) is 49.9 Å². The average Bonchev–Trinajstić information content (AvgIpc) is 2.65. The summed E-state index contributed by atoms with van der Waals surface area (Å²) in [6, 6.07) is 15.3. The Hall–Kier alpha value is -2.54. The lowest BCUT2D eigenvalue weighted by molar-refractivity contribution is -0.128. The molecule has 1 aliphatic heterocycles. The summed E-state index contributed by atoms with van der Waals surface area (Å²) in [4.78, 5) is 12.7. The van der Waals surface area contributed by atoms with E-state index in [-0.39, 0.29) is 18.5 Å². The number of carbonyl (C=O) groups excluding carboxylic acids is 1. The number of fused-ring (bicyclic) bond motifs is 1. The number of rotatable bonds is 6. The van der Waals surface area contributed by atoms with Crippen LogP contribution in [0.2, 0.25) is 0 Å². The second-order valence-electron chi connectivity index (χ2n) is 7.31. The van der Waals surface area contributed by atoms with Crippen molar-refractivity contribution < 1.29 is 17.9 Å². The van der Waals surface area contributed by atoms with E-state index < -0.39 is 16.1 Å². The van der Waals surface area contributed by atoms with E-state index in [0.717, 1.165) is 24.7 Å². The first-order chi connectivity index (χ1) is 13.2. The molecule has 0 fully saturated rings. The molecule has 0 bridgehead atoms. The SMILES string of the molecule is Cc1ccc2c(c1)N(S(C)(=O)=O)C[C@@H](C(=O)N[C@H](C)CCc1ccccc1)O2. The summed E-state index contributed by atoms with van der Waals surface area (Å²) in [7, 11) is -3.52. The highest BCUT2D eigenvalue weighted by molar-refractivity contribution is 7.92. The summed E-state index contributed by atoms with van der Waals surface area (Å²) in [5.41, 5.74) is 2.61. The Morgan fingerprint density at radius 3 is 2.64 bits per heavy atom. The minimum Gasteiger partial charge on any atom is -0.476 e.